The number of aliphatic hydroxyl groups excluding tert-OH is 4. The predicted molar refractivity (Wildman–Crippen MR) is 53.8 cm³/mol. The Kier molecular flexibility index (Phi) is 3.50. The highest BCUT2D eigenvalue weighted by Crippen LogP contribution is 2.26. The molecule has 5 N–H and O–H groups in total. The van der Waals surface area contributed by atoms with E-state index in [0.29, 0.717) is 0 Å². The van der Waals surface area contributed by atoms with Gasteiger partial charge < -0.3 is 25.2 Å². The van der Waals surface area contributed by atoms with Crippen molar-refractivity contribution >= 4 is 11.9 Å². The van der Waals surface area contributed by atoms with Crippen molar-refractivity contribution in [1.82, 2.24) is 10.2 Å². The van der Waals surface area contributed by atoms with Crippen molar-refractivity contribution in [2.45, 2.75) is 37.2 Å². The largest absolute Gasteiger partial charge is 0.394 e. The van der Waals surface area contributed by atoms with Gasteiger partial charge in [-0.15, -0.1) is 0 Å². The van der Waals surface area contributed by atoms with Crippen LogP contribution in [0, 0.1) is 0 Å². The van der Waals surface area contributed by atoms with Crippen molar-refractivity contribution in [2.24, 2.45) is 0 Å². The molecule has 2 aliphatic rings. The van der Waals surface area contributed by atoms with Crippen LogP contribution in [-0.2, 0) is 9.53 Å². The highest BCUT2D eigenvalue weighted by Gasteiger charge is 2.47. The number of carbonyl (C=O) groups is 2. The summed E-state index contributed by atoms with van der Waals surface area (Å²) < 4.78 is 5.17. The van der Waals surface area contributed by atoms with Crippen LogP contribution in [0.25, 0.3) is 0 Å². The molecule has 0 spiro atoms. The van der Waals surface area contributed by atoms with Crippen molar-refractivity contribution in [1.29, 1.82) is 0 Å². The Hall–Kier alpha value is -1.26. The average Bonchev–Trinajstić information content (AvgIpc) is 2.67. The lowest BCUT2D eigenvalue weighted by molar-refractivity contribution is -0.167. The molecule has 0 saturated carbocycles. The van der Waals surface area contributed by atoms with Gasteiger partial charge in [-0.25, -0.2) is 4.79 Å². The maximum atomic E-state index is 11.5. The molecule has 5 atom stereocenters. The molecule has 0 radical (unpaired) electrons. The molecule has 9 nitrogen and oxygen atoms in total. The van der Waals surface area contributed by atoms with Gasteiger partial charge in [-0.1, -0.05) is 0 Å². The van der Waals surface area contributed by atoms with Gasteiger partial charge in [0.1, 0.15) is 12.3 Å². The number of ether oxygens (including phenoxy) is 1. The van der Waals surface area contributed by atoms with Gasteiger partial charge in [0.15, 0.2) is 12.3 Å². The molecular formula is C9H14N2O7. The molecule has 2 heterocycles. The second-order valence-electron chi connectivity index (χ2n) is 4.17. The van der Waals surface area contributed by atoms with Crippen LogP contribution in [0.4, 0.5) is 4.79 Å². The summed E-state index contributed by atoms with van der Waals surface area (Å²) >= 11 is 0. The number of aliphatic hydroxyl groups is 4. The Morgan fingerprint density at radius 3 is 2.56 bits per heavy atom. The molecular weight excluding hydrogens is 248 g/mol. The summed E-state index contributed by atoms with van der Waals surface area (Å²) in [5, 5.41) is 39.3. The molecule has 3 amide bonds. The predicted octanol–water partition coefficient (Wildman–Crippen LogP) is -3.31. The Bertz CT molecular complexity index is 363. The highest BCUT2D eigenvalue weighted by atomic mass is 16.6. The van der Waals surface area contributed by atoms with E-state index in [1.165, 1.54) is 0 Å². The molecule has 9 heteroatoms. The lowest BCUT2D eigenvalue weighted by Crippen LogP contribution is -2.65. The van der Waals surface area contributed by atoms with Crippen LogP contribution in [0.15, 0.2) is 0 Å². The Balaban J connectivity index is 2.13. The lowest BCUT2D eigenvalue weighted by atomic mass is 10.1. The third-order valence-electron chi connectivity index (χ3n) is 3.00. The molecule has 0 unspecified atom stereocenters. The molecule has 102 valence electrons. The van der Waals surface area contributed by atoms with E-state index in [-0.39, 0.29) is 6.42 Å². The van der Waals surface area contributed by atoms with E-state index in [4.69, 9.17) is 9.84 Å². The summed E-state index contributed by atoms with van der Waals surface area (Å²) in [7, 11) is 0. The Labute approximate surface area is 102 Å². The van der Waals surface area contributed by atoms with Crippen LogP contribution >= 0.6 is 0 Å². The van der Waals surface area contributed by atoms with Gasteiger partial charge in [-0.3, -0.25) is 15.0 Å². The number of hydrogen-bond acceptors (Lipinski definition) is 7. The van der Waals surface area contributed by atoms with E-state index >= 15 is 0 Å². The number of carbonyl (C=O) groups excluding carboxylic acids is 2. The zero-order valence-electron chi connectivity index (χ0n) is 9.26. The van der Waals surface area contributed by atoms with E-state index < -0.39 is 49.3 Å². The van der Waals surface area contributed by atoms with E-state index in [1.807, 2.05) is 5.32 Å². The van der Waals surface area contributed by atoms with Gasteiger partial charge in [-0.05, 0) is 0 Å². The number of hydrogen-bond donors (Lipinski definition) is 5. The maximum Gasteiger partial charge on any atom is 0.328 e. The minimum atomic E-state index is -1.78. The van der Waals surface area contributed by atoms with Crippen molar-refractivity contribution in [2.75, 3.05) is 6.61 Å². The fourth-order valence-electron chi connectivity index (χ4n) is 2.00. The van der Waals surface area contributed by atoms with Gasteiger partial charge >= 0.3 is 6.03 Å². The number of nitrogens with one attached hydrogen (secondary N) is 1. The van der Waals surface area contributed by atoms with Crippen molar-refractivity contribution in [3.05, 3.63) is 0 Å². The molecule has 0 aromatic carbocycles. The van der Waals surface area contributed by atoms with Crippen molar-refractivity contribution < 1.29 is 34.8 Å². The van der Waals surface area contributed by atoms with Crippen LogP contribution in [-0.4, -0.2) is 74.6 Å². The molecule has 2 fully saturated rings. The molecule has 2 aliphatic heterocycles. The third kappa shape index (κ3) is 2.06. The summed E-state index contributed by atoms with van der Waals surface area (Å²) in [6, 6.07) is -0.923. The summed E-state index contributed by atoms with van der Waals surface area (Å²) in [6.45, 7) is -0.440. The monoisotopic (exact) mass is 262 g/mol. The fourth-order valence-corrected chi connectivity index (χ4v) is 2.00. The van der Waals surface area contributed by atoms with Crippen molar-refractivity contribution in [3.8, 4) is 0 Å². The van der Waals surface area contributed by atoms with Gasteiger partial charge in [0, 0.05) is 6.42 Å². The first kappa shape index (κ1) is 13.2. The second kappa shape index (κ2) is 4.78. The number of imide groups is 1. The first-order chi connectivity index (χ1) is 8.45. The number of nitrogens with zero attached hydrogens (tertiary/aromatic N) is 1. The molecule has 0 aliphatic carbocycles. The number of rotatable bonds is 2. The van der Waals surface area contributed by atoms with Crippen LogP contribution in [0.2, 0.25) is 0 Å². The fraction of sp³-hybridized carbons (Fsp3) is 0.778. The van der Waals surface area contributed by atoms with Crippen LogP contribution in [0.1, 0.15) is 6.42 Å². The molecule has 0 aromatic rings. The van der Waals surface area contributed by atoms with Gasteiger partial charge in [0.25, 0.3) is 5.91 Å². The molecule has 0 bridgehead atoms. The van der Waals surface area contributed by atoms with Crippen LogP contribution < -0.4 is 5.32 Å². The first-order valence-corrected chi connectivity index (χ1v) is 5.39. The molecule has 18 heavy (non-hydrogen) atoms. The molecule has 0 aromatic heterocycles. The Morgan fingerprint density at radius 1 is 1.33 bits per heavy atom. The SMILES string of the molecule is O=C1NC(=O)N([C@H]2C[C@H](O)[C@@H](CO)O2)[C@@H](O)[C@@H]1O. The highest BCUT2D eigenvalue weighted by molar-refractivity contribution is 5.99. The van der Waals surface area contributed by atoms with Gasteiger partial charge in [0.05, 0.1) is 12.7 Å². The lowest BCUT2D eigenvalue weighted by Gasteiger charge is -2.37. The summed E-state index contributed by atoms with van der Waals surface area (Å²) in [6.07, 6.45) is -6.44. The molecule has 2 rings (SSSR count). The number of urea groups is 1. The summed E-state index contributed by atoms with van der Waals surface area (Å²) in [5.74, 6) is -0.999. The second-order valence-corrected chi connectivity index (χ2v) is 4.17. The normalized spacial score (nSPS) is 41.1. The van der Waals surface area contributed by atoms with E-state index in [9.17, 15) is 24.9 Å². The van der Waals surface area contributed by atoms with E-state index in [2.05, 4.69) is 0 Å². The maximum absolute atomic E-state index is 11.5. The first-order valence-electron chi connectivity index (χ1n) is 5.39. The standard InChI is InChI=1S/C9H14N2O7/c12-2-4-3(13)1-5(18-4)11-8(16)6(14)7(15)10-9(11)17/h3-6,8,12-14,16H,1-2H2,(H,10,15,17)/t3-,4+,5+,6+,8-/m0/s1. The van der Waals surface area contributed by atoms with E-state index in [1.54, 1.807) is 0 Å². The summed E-state index contributed by atoms with van der Waals surface area (Å²) in [4.78, 5) is 23.3. The minimum absolute atomic E-state index is 0.0311. The third-order valence-corrected chi connectivity index (χ3v) is 3.00. The topological polar surface area (TPSA) is 140 Å². The molecule has 2 saturated heterocycles. The van der Waals surface area contributed by atoms with Crippen LogP contribution in [0.5, 0.6) is 0 Å². The van der Waals surface area contributed by atoms with E-state index in [0.717, 1.165) is 4.90 Å². The van der Waals surface area contributed by atoms with Crippen molar-refractivity contribution in [3.63, 3.8) is 0 Å². The zero-order chi connectivity index (χ0) is 13.4. The van der Waals surface area contributed by atoms with Crippen LogP contribution in [0.3, 0.4) is 0 Å². The Morgan fingerprint density at radius 2 is 2.00 bits per heavy atom. The van der Waals surface area contributed by atoms with Gasteiger partial charge in [0.2, 0.25) is 0 Å². The van der Waals surface area contributed by atoms with Gasteiger partial charge in [-0.2, -0.15) is 0 Å². The zero-order valence-corrected chi connectivity index (χ0v) is 9.26. The minimum Gasteiger partial charge on any atom is -0.394 e. The average molecular weight is 262 g/mol. The smallest absolute Gasteiger partial charge is 0.328 e. The number of amides is 3. The quantitative estimate of drug-likeness (QED) is 0.351. The summed E-state index contributed by atoms with van der Waals surface area (Å²) in [5.41, 5.74) is 0.